The van der Waals surface area contributed by atoms with E-state index in [2.05, 4.69) is 4.72 Å². The van der Waals surface area contributed by atoms with Crippen molar-refractivity contribution in [3.63, 3.8) is 0 Å². The van der Waals surface area contributed by atoms with Crippen LogP contribution >= 0.6 is 0 Å². The Morgan fingerprint density at radius 3 is 2.72 bits per heavy atom. The molecule has 8 nitrogen and oxygen atoms in total. The van der Waals surface area contributed by atoms with Crippen molar-refractivity contribution in [2.45, 2.75) is 37.2 Å². The number of rotatable bonds is 5. The Bertz CT molecular complexity index is 889. The first-order valence-electron chi connectivity index (χ1n) is 7.98. The molecule has 0 saturated carbocycles. The van der Waals surface area contributed by atoms with Crippen LogP contribution in [-0.2, 0) is 29.6 Å². The number of aryl methyl sites for hydroxylation is 1. The van der Waals surface area contributed by atoms with Gasteiger partial charge in [-0.1, -0.05) is 6.07 Å². The summed E-state index contributed by atoms with van der Waals surface area (Å²) in [5.41, 5.74) is 0.512. The third-order valence-corrected chi connectivity index (χ3v) is 7.56. The molecule has 2 heterocycles. The number of carbonyl (C=O) groups excluding carboxylic acids is 1. The molecule has 2 aliphatic rings. The summed E-state index contributed by atoms with van der Waals surface area (Å²) < 4.78 is 57.9. The van der Waals surface area contributed by atoms with Crippen LogP contribution in [0.15, 0.2) is 23.1 Å². The molecular formula is C15H20N2O6S2. The average molecular weight is 388 g/mol. The summed E-state index contributed by atoms with van der Waals surface area (Å²) in [5.74, 6) is -0.821. The fourth-order valence-corrected chi connectivity index (χ4v) is 5.74. The van der Waals surface area contributed by atoms with Gasteiger partial charge < -0.3 is 4.74 Å². The van der Waals surface area contributed by atoms with Gasteiger partial charge in [-0.05, 0) is 37.5 Å². The molecule has 1 aromatic carbocycles. The predicted octanol–water partition coefficient (Wildman–Crippen LogP) is 0.519. The second kappa shape index (κ2) is 6.67. The zero-order chi connectivity index (χ0) is 18.2. The van der Waals surface area contributed by atoms with Crippen molar-refractivity contribution in [1.29, 1.82) is 0 Å². The van der Waals surface area contributed by atoms with Gasteiger partial charge in [-0.3, -0.25) is 4.79 Å². The highest BCUT2D eigenvalue weighted by atomic mass is 32.2. The molecule has 0 spiro atoms. The number of anilines is 1. The van der Waals surface area contributed by atoms with Crippen molar-refractivity contribution in [3.8, 4) is 0 Å². The third kappa shape index (κ3) is 3.71. The highest BCUT2D eigenvalue weighted by molar-refractivity contribution is 7.94. The Morgan fingerprint density at radius 2 is 2.12 bits per heavy atom. The first kappa shape index (κ1) is 18.3. The molecule has 0 radical (unpaired) electrons. The van der Waals surface area contributed by atoms with Gasteiger partial charge in [0, 0.05) is 19.6 Å². The van der Waals surface area contributed by atoms with E-state index in [0.29, 0.717) is 16.5 Å². The summed E-state index contributed by atoms with van der Waals surface area (Å²) in [4.78, 5) is 11.9. The van der Waals surface area contributed by atoms with Crippen LogP contribution in [0.2, 0.25) is 0 Å². The maximum absolute atomic E-state index is 12.6. The van der Waals surface area contributed by atoms with E-state index in [1.165, 1.54) is 18.2 Å². The number of nitrogens with zero attached hydrogens (tertiary/aromatic N) is 1. The van der Waals surface area contributed by atoms with Gasteiger partial charge in [0.15, 0.2) is 0 Å². The molecule has 25 heavy (non-hydrogen) atoms. The number of carbonyl (C=O) groups is 1. The minimum atomic E-state index is -3.85. The number of ether oxygens (including phenoxy) is 1. The zero-order valence-electron chi connectivity index (χ0n) is 13.8. The second-order valence-corrected chi connectivity index (χ2v) is 9.83. The van der Waals surface area contributed by atoms with Crippen molar-refractivity contribution in [2.75, 3.05) is 23.2 Å². The van der Waals surface area contributed by atoms with Gasteiger partial charge in [0.05, 0.1) is 22.4 Å². The number of benzene rings is 1. The summed E-state index contributed by atoms with van der Waals surface area (Å²) in [7, 11) is -7.59. The maximum atomic E-state index is 12.6. The third-order valence-electron chi connectivity index (χ3n) is 4.30. The molecule has 138 valence electrons. The number of hydrogen-bond acceptors (Lipinski definition) is 6. The molecule has 0 aromatic heterocycles. The number of hydrogen-bond donors (Lipinski definition) is 1. The van der Waals surface area contributed by atoms with Gasteiger partial charge in [-0.2, -0.15) is 0 Å². The first-order chi connectivity index (χ1) is 11.7. The minimum absolute atomic E-state index is 0.0436. The summed E-state index contributed by atoms with van der Waals surface area (Å²) in [5, 5.41) is 0. The van der Waals surface area contributed by atoms with Gasteiger partial charge in [0.1, 0.15) is 0 Å². The molecule has 2 aliphatic heterocycles. The molecule has 1 amide bonds. The second-order valence-electron chi connectivity index (χ2n) is 6.16. The van der Waals surface area contributed by atoms with E-state index in [1.54, 1.807) is 6.92 Å². The Labute approximate surface area is 147 Å². The van der Waals surface area contributed by atoms with Crippen LogP contribution in [-0.4, -0.2) is 47.8 Å². The van der Waals surface area contributed by atoms with Gasteiger partial charge >= 0.3 is 0 Å². The Morgan fingerprint density at radius 1 is 1.36 bits per heavy atom. The molecular weight excluding hydrogens is 368 g/mol. The van der Waals surface area contributed by atoms with E-state index in [9.17, 15) is 21.6 Å². The topological polar surface area (TPSA) is 110 Å². The van der Waals surface area contributed by atoms with E-state index in [0.717, 1.165) is 12.8 Å². The van der Waals surface area contributed by atoms with E-state index >= 15 is 0 Å². The fraction of sp³-hybridized carbons (Fsp3) is 0.533. The highest BCUT2D eigenvalue weighted by Gasteiger charge is 2.37. The smallest absolute Gasteiger partial charge is 0.242 e. The Kier molecular flexibility index (Phi) is 4.89. The van der Waals surface area contributed by atoms with Crippen LogP contribution in [0, 0.1) is 6.92 Å². The molecule has 0 aliphatic carbocycles. The molecule has 0 bridgehead atoms. The lowest BCUT2D eigenvalue weighted by Gasteiger charge is -2.18. The normalized spacial score (nSPS) is 23.3. The fourth-order valence-electron chi connectivity index (χ4n) is 2.96. The van der Waals surface area contributed by atoms with Crippen LogP contribution in [0.25, 0.3) is 0 Å². The van der Waals surface area contributed by atoms with Crippen molar-refractivity contribution in [1.82, 2.24) is 4.72 Å². The van der Waals surface area contributed by atoms with Crippen molar-refractivity contribution in [3.05, 3.63) is 23.8 Å². The quantitative estimate of drug-likeness (QED) is 0.787. The molecule has 10 heteroatoms. The van der Waals surface area contributed by atoms with Gasteiger partial charge in [0.25, 0.3) is 0 Å². The average Bonchev–Trinajstić information content (AvgIpc) is 3.14. The first-order valence-corrected chi connectivity index (χ1v) is 11.1. The maximum Gasteiger partial charge on any atom is 0.242 e. The van der Waals surface area contributed by atoms with Crippen LogP contribution in [0.3, 0.4) is 0 Å². The minimum Gasteiger partial charge on any atom is -0.377 e. The lowest BCUT2D eigenvalue weighted by atomic mass is 10.2. The highest BCUT2D eigenvalue weighted by Crippen LogP contribution is 2.29. The van der Waals surface area contributed by atoms with E-state index in [1.807, 2.05) is 0 Å². The van der Waals surface area contributed by atoms with Crippen molar-refractivity contribution in [2.24, 2.45) is 0 Å². The Hall–Kier alpha value is -1.49. The lowest BCUT2D eigenvalue weighted by Crippen LogP contribution is -2.33. The molecule has 3 rings (SSSR count). The van der Waals surface area contributed by atoms with Crippen LogP contribution < -0.4 is 9.03 Å². The summed E-state index contributed by atoms with van der Waals surface area (Å²) in [6.45, 7) is 2.40. The molecule has 1 aromatic rings. The standard InChI is InChI=1S/C15H20N2O6S2/c1-11-4-5-12(17-15(18)6-8-24(17,19)20)9-14(11)25(21,22)16-10-13-3-2-7-23-13/h4-5,9,13,16H,2-3,6-8,10H2,1H3. The van der Waals surface area contributed by atoms with Crippen LogP contribution in [0.4, 0.5) is 5.69 Å². The molecule has 2 saturated heterocycles. The number of nitrogens with one attached hydrogen (secondary N) is 1. The predicted molar refractivity (Wildman–Crippen MR) is 91.2 cm³/mol. The molecule has 1 N–H and O–H groups in total. The van der Waals surface area contributed by atoms with Gasteiger partial charge in [-0.25, -0.2) is 25.9 Å². The lowest BCUT2D eigenvalue weighted by molar-refractivity contribution is -0.116. The molecule has 2 fully saturated rings. The van der Waals surface area contributed by atoms with Crippen molar-refractivity contribution < 1.29 is 26.4 Å². The van der Waals surface area contributed by atoms with E-state index < -0.39 is 26.0 Å². The summed E-state index contributed by atoms with van der Waals surface area (Å²) in [6, 6.07) is 4.17. The SMILES string of the molecule is Cc1ccc(N2C(=O)CCS2(=O)=O)cc1S(=O)(=O)NCC1CCCO1. The summed E-state index contributed by atoms with van der Waals surface area (Å²) in [6.07, 6.45) is 1.44. The largest absolute Gasteiger partial charge is 0.377 e. The van der Waals surface area contributed by atoms with E-state index in [4.69, 9.17) is 4.74 Å². The zero-order valence-corrected chi connectivity index (χ0v) is 15.4. The summed E-state index contributed by atoms with van der Waals surface area (Å²) >= 11 is 0. The van der Waals surface area contributed by atoms with Crippen molar-refractivity contribution >= 4 is 31.6 Å². The van der Waals surface area contributed by atoms with E-state index in [-0.39, 0.29) is 35.4 Å². The Balaban J connectivity index is 1.89. The number of sulfonamides is 2. The van der Waals surface area contributed by atoms with Crippen LogP contribution in [0.5, 0.6) is 0 Å². The molecule has 1 unspecified atom stereocenters. The van der Waals surface area contributed by atoms with Gasteiger partial charge in [-0.15, -0.1) is 0 Å². The van der Waals surface area contributed by atoms with Gasteiger partial charge in [0.2, 0.25) is 26.0 Å². The monoisotopic (exact) mass is 388 g/mol. The number of amides is 1. The van der Waals surface area contributed by atoms with Crippen LogP contribution in [0.1, 0.15) is 24.8 Å². The molecule has 1 atom stereocenters.